The van der Waals surface area contributed by atoms with Gasteiger partial charge in [-0.15, -0.1) is 0 Å². The molecule has 43 heavy (non-hydrogen) atoms. The quantitative estimate of drug-likeness (QED) is 0.197. The molecule has 0 aliphatic heterocycles. The van der Waals surface area contributed by atoms with Gasteiger partial charge in [-0.3, -0.25) is 9.59 Å². The van der Waals surface area contributed by atoms with Crippen molar-refractivity contribution in [2.24, 2.45) is 5.92 Å². The summed E-state index contributed by atoms with van der Waals surface area (Å²) in [5.41, 5.74) is 0.648. The Morgan fingerprint density at radius 2 is 1.88 bits per heavy atom. The zero-order chi connectivity index (χ0) is 31.3. The van der Waals surface area contributed by atoms with E-state index in [9.17, 15) is 31.5 Å². The minimum Gasteiger partial charge on any atom is -0.471 e. The number of carbonyl (C=O) groups is 2. The lowest BCUT2D eigenvalue weighted by molar-refractivity contribution is -0.182. The number of anilines is 2. The van der Waals surface area contributed by atoms with Crippen LogP contribution in [-0.2, 0) is 11.3 Å². The van der Waals surface area contributed by atoms with Crippen molar-refractivity contribution < 1.29 is 36.3 Å². The molecule has 17 heteroatoms. The van der Waals surface area contributed by atoms with Crippen molar-refractivity contribution in [1.29, 1.82) is 5.26 Å². The van der Waals surface area contributed by atoms with Gasteiger partial charge in [0.25, 0.3) is 12.3 Å². The molecule has 3 aromatic rings. The fourth-order valence-corrected chi connectivity index (χ4v) is 5.05. The molecule has 0 bridgehead atoms. The van der Waals surface area contributed by atoms with Crippen LogP contribution in [0.25, 0.3) is 11.2 Å². The van der Waals surface area contributed by atoms with Crippen LogP contribution in [0.2, 0.25) is 10.0 Å². The van der Waals surface area contributed by atoms with Gasteiger partial charge in [-0.05, 0) is 43.4 Å². The topological polar surface area (TPSA) is 145 Å². The number of carbonyl (C=O) groups excluding carboxylic acids is 2. The number of benzene rings is 1. The van der Waals surface area contributed by atoms with Crippen LogP contribution < -0.4 is 20.7 Å². The summed E-state index contributed by atoms with van der Waals surface area (Å²) in [5, 5.41) is 17.1. The van der Waals surface area contributed by atoms with Gasteiger partial charge in [0.05, 0.1) is 33.2 Å². The molecule has 2 amide bonds. The third kappa shape index (κ3) is 8.14. The first-order chi connectivity index (χ1) is 20.3. The van der Waals surface area contributed by atoms with Gasteiger partial charge in [-0.25, -0.2) is 8.78 Å². The first-order valence-electron chi connectivity index (χ1n) is 12.9. The Morgan fingerprint density at radius 3 is 2.53 bits per heavy atom. The second kappa shape index (κ2) is 13.6. The van der Waals surface area contributed by atoms with Gasteiger partial charge in [0.1, 0.15) is 12.0 Å². The lowest BCUT2D eigenvalue weighted by Gasteiger charge is -2.30. The number of imidazole rings is 1. The van der Waals surface area contributed by atoms with Crippen molar-refractivity contribution in [3.8, 4) is 11.9 Å². The highest BCUT2D eigenvalue weighted by molar-refractivity contribution is 6.39. The number of nitrogens with zero attached hydrogens (tertiary/aromatic N) is 3. The average molecular weight is 648 g/mol. The van der Waals surface area contributed by atoms with E-state index >= 15 is 0 Å². The van der Waals surface area contributed by atoms with Crippen LogP contribution in [0.5, 0.6) is 5.88 Å². The van der Waals surface area contributed by atoms with E-state index in [1.54, 1.807) is 12.1 Å². The normalized spacial score (nSPS) is 17.0. The summed E-state index contributed by atoms with van der Waals surface area (Å²) in [6.07, 6.45) is -7.60. The Bertz CT molecular complexity index is 1540. The fraction of sp³-hybridized carbons (Fsp3) is 0.423. The van der Waals surface area contributed by atoms with E-state index in [0.717, 1.165) is 0 Å². The lowest BCUT2D eigenvalue weighted by Crippen LogP contribution is -2.40. The molecule has 230 valence electrons. The number of hydrogen-bond donors (Lipinski definition) is 4. The SMILES string of the molecule is N#CCC(=O)NCc1ccc(Cl)c(Nc2nc3nc(OCC(F)F)c(C(=O)N[C@H]4CC[C@H](C(F)(F)F)CC4)cc3[nH]2)c1Cl. The number of nitriles is 1. The smallest absolute Gasteiger partial charge is 0.391 e. The van der Waals surface area contributed by atoms with Crippen LogP contribution in [-0.4, -0.2) is 52.0 Å². The van der Waals surface area contributed by atoms with Crippen LogP contribution in [0.4, 0.5) is 33.6 Å². The molecule has 2 heterocycles. The third-order valence-corrected chi connectivity index (χ3v) is 7.43. The first kappa shape index (κ1) is 32.0. The van der Waals surface area contributed by atoms with Gasteiger partial charge in [0.2, 0.25) is 17.7 Å². The van der Waals surface area contributed by atoms with Gasteiger partial charge < -0.3 is 25.7 Å². The highest BCUT2D eigenvalue weighted by Gasteiger charge is 2.41. The molecule has 0 atom stereocenters. The van der Waals surface area contributed by atoms with E-state index in [-0.39, 0.29) is 77.1 Å². The highest BCUT2D eigenvalue weighted by Crippen LogP contribution is 2.38. The van der Waals surface area contributed by atoms with E-state index in [2.05, 4.69) is 30.9 Å². The van der Waals surface area contributed by atoms with Crippen molar-refractivity contribution in [1.82, 2.24) is 25.6 Å². The van der Waals surface area contributed by atoms with Crippen molar-refractivity contribution in [3.63, 3.8) is 0 Å². The van der Waals surface area contributed by atoms with Crippen molar-refractivity contribution >= 4 is 57.8 Å². The van der Waals surface area contributed by atoms with Crippen molar-refractivity contribution in [2.45, 2.75) is 57.3 Å². The molecule has 10 nitrogen and oxygen atoms in total. The van der Waals surface area contributed by atoms with E-state index in [0.29, 0.717) is 5.56 Å². The van der Waals surface area contributed by atoms with Crippen LogP contribution >= 0.6 is 23.2 Å². The molecule has 1 aromatic carbocycles. The molecule has 1 fully saturated rings. The summed E-state index contributed by atoms with van der Waals surface area (Å²) in [4.78, 5) is 36.0. The predicted molar refractivity (Wildman–Crippen MR) is 146 cm³/mol. The van der Waals surface area contributed by atoms with Crippen LogP contribution in [0.1, 0.15) is 48.0 Å². The number of alkyl halides is 5. The number of H-pyrrole nitrogens is 1. The second-order valence-corrected chi connectivity index (χ2v) is 10.5. The van der Waals surface area contributed by atoms with Crippen LogP contribution in [0.15, 0.2) is 18.2 Å². The molecule has 1 aliphatic rings. The number of fused-ring (bicyclic) bond motifs is 1. The maximum absolute atomic E-state index is 13.1. The number of pyridine rings is 1. The fourth-order valence-electron chi connectivity index (χ4n) is 4.52. The molecule has 0 spiro atoms. The monoisotopic (exact) mass is 647 g/mol. The standard InChI is InChI=1S/C26H24Cl2F5N7O3/c27-16-6-1-12(10-35-19(41)7-8-34)20(28)21(16)38-25-37-17-9-15(24(39-22(17)40-25)43-11-18(29)30)23(42)36-14-4-2-13(3-5-14)26(31,32)33/h1,6,9,13-14,18H,2-5,7,10-11H2,(H,35,41)(H,36,42)(H2,37,38,39,40)/t13-,14-. The average Bonchev–Trinajstić information content (AvgIpc) is 3.34. The van der Waals surface area contributed by atoms with Crippen molar-refractivity contribution in [3.05, 3.63) is 39.4 Å². The lowest BCUT2D eigenvalue weighted by atomic mass is 9.85. The largest absolute Gasteiger partial charge is 0.471 e. The summed E-state index contributed by atoms with van der Waals surface area (Å²) < 4.78 is 70.0. The molecule has 0 saturated heterocycles. The highest BCUT2D eigenvalue weighted by atomic mass is 35.5. The zero-order valence-corrected chi connectivity index (χ0v) is 23.6. The second-order valence-electron chi connectivity index (χ2n) is 9.70. The van der Waals surface area contributed by atoms with E-state index in [1.165, 1.54) is 12.1 Å². The number of aromatic nitrogens is 3. The number of amides is 2. The Hall–Kier alpha value is -3.90. The van der Waals surface area contributed by atoms with E-state index < -0.39 is 48.9 Å². The van der Waals surface area contributed by atoms with Gasteiger partial charge >= 0.3 is 6.18 Å². The van der Waals surface area contributed by atoms with E-state index in [4.69, 9.17) is 33.2 Å². The van der Waals surface area contributed by atoms with Gasteiger partial charge in [0, 0.05) is 12.6 Å². The number of hydrogen-bond acceptors (Lipinski definition) is 7. The summed E-state index contributed by atoms with van der Waals surface area (Å²) in [7, 11) is 0. The van der Waals surface area contributed by atoms with Gasteiger partial charge in [-0.1, -0.05) is 29.3 Å². The number of rotatable bonds is 10. The van der Waals surface area contributed by atoms with E-state index in [1.807, 2.05) is 0 Å². The maximum Gasteiger partial charge on any atom is 0.391 e. The summed E-state index contributed by atoms with van der Waals surface area (Å²) in [5.74, 6) is -3.07. The number of aromatic amines is 1. The minimum absolute atomic E-state index is 0.00798. The number of ether oxygens (including phenoxy) is 1. The zero-order valence-electron chi connectivity index (χ0n) is 22.1. The van der Waals surface area contributed by atoms with Crippen LogP contribution in [0.3, 0.4) is 0 Å². The van der Waals surface area contributed by atoms with Gasteiger partial charge in [-0.2, -0.15) is 28.4 Å². The molecular formula is C26H24Cl2F5N7O3. The molecule has 2 aromatic heterocycles. The van der Waals surface area contributed by atoms with Crippen LogP contribution in [0, 0.1) is 17.2 Å². The minimum atomic E-state index is -4.31. The Labute approximate surface area is 251 Å². The third-order valence-electron chi connectivity index (χ3n) is 6.68. The molecule has 4 rings (SSSR count). The summed E-state index contributed by atoms with van der Waals surface area (Å²) >= 11 is 12.8. The first-order valence-corrected chi connectivity index (χ1v) is 13.7. The molecule has 1 saturated carbocycles. The predicted octanol–water partition coefficient (Wildman–Crippen LogP) is 6.03. The van der Waals surface area contributed by atoms with Gasteiger partial charge in [0.15, 0.2) is 12.3 Å². The Morgan fingerprint density at radius 1 is 1.16 bits per heavy atom. The molecule has 4 N–H and O–H groups in total. The maximum atomic E-state index is 13.1. The summed E-state index contributed by atoms with van der Waals surface area (Å²) in [6.45, 7) is -1.05. The Balaban J connectivity index is 1.56. The molecule has 1 aliphatic carbocycles. The number of halogens is 7. The molecular weight excluding hydrogens is 624 g/mol. The van der Waals surface area contributed by atoms with Crippen molar-refractivity contribution in [2.75, 3.05) is 11.9 Å². The summed E-state index contributed by atoms with van der Waals surface area (Å²) in [6, 6.07) is 5.56. The molecule has 0 radical (unpaired) electrons. The Kier molecular flexibility index (Phi) is 10.1. The molecule has 0 unspecified atom stereocenters. The number of nitrogens with one attached hydrogen (secondary N) is 4.